The van der Waals surface area contributed by atoms with E-state index in [9.17, 15) is 4.79 Å². The number of amides is 1. The van der Waals surface area contributed by atoms with Crippen molar-refractivity contribution in [2.24, 2.45) is 0 Å². The molecule has 0 aliphatic heterocycles. The van der Waals surface area contributed by atoms with E-state index in [0.29, 0.717) is 11.1 Å². The van der Waals surface area contributed by atoms with Crippen LogP contribution in [-0.4, -0.2) is 16.2 Å². The largest absolute Gasteiger partial charge is 0.465 e. The number of carbonyl (C=O) groups is 1. The number of pyridine rings is 1. The number of nitrogens with zero attached hydrogens (tertiary/aromatic N) is 1. The van der Waals surface area contributed by atoms with Gasteiger partial charge in [-0.3, -0.25) is 10.3 Å². The molecule has 0 saturated heterocycles. The average Bonchev–Trinajstić information content (AvgIpc) is 3.46. The summed E-state index contributed by atoms with van der Waals surface area (Å²) in [5, 5.41) is 11.7. The first-order valence-corrected chi connectivity index (χ1v) is 9.28. The summed E-state index contributed by atoms with van der Waals surface area (Å²) in [5.41, 5.74) is 4.60. The second-order valence-corrected chi connectivity index (χ2v) is 7.99. The van der Waals surface area contributed by atoms with Gasteiger partial charge in [0.2, 0.25) is 0 Å². The Morgan fingerprint density at radius 1 is 1.07 bits per heavy atom. The smallest absolute Gasteiger partial charge is 0.409 e. The van der Waals surface area contributed by atoms with Gasteiger partial charge in [0.05, 0.1) is 17.4 Å². The van der Waals surface area contributed by atoms with E-state index in [2.05, 4.69) is 55.3 Å². The zero-order chi connectivity index (χ0) is 19.4. The van der Waals surface area contributed by atoms with Crippen LogP contribution < -0.4 is 5.32 Å². The second kappa shape index (κ2) is 7.78. The Labute approximate surface area is 160 Å². The minimum absolute atomic E-state index is 0.294. The molecule has 4 heteroatoms. The molecular formula is C23H26N2O2. The van der Waals surface area contributed by atoms with E-state index >= 15 is 0 Å². The Balaban J connectivity index is 0.000000156. The molecule has 1 heterocycles. The van der Waals surface area contributed by atoms with Gasteiger partial charge < -0.3 is 5.11 Å². The summed E-state index contributed by atoms with van der Waals surface area (Å²) < 4.78 is 0. The standard InChI is InChI=1S/C13H18.C10H8N2O2/c1-13(2,3)12-8-6-11(7-9-12)10-4-5-10;13-10(14)12-8-5-7-3-1-2-4-9(7)11-6-8/h6-10H,4-5H2,1-3H3;1-6,12H,(H,13,14). The second-order valence-electron chi connectivity index (χ2n) is 7.99. The highest BCUT2D eigenvalue weighted by Gasteiger charge is 2.23. The van der Waals surface area contributed by atoms with Crippen LogP contribution >= 0.6 is 0 Å². The number of carboxylic acid groups (broad SMARTS) is 1. The maximum absolute atomic E-state index is 10.4. The minimum atomic E-state index is -1.08. The fraction of sp³-hybridized carbons (Fsp3) is 0.304. The molecule has 1 fully saturated rings. The van der Waals surface area contributed by atoms with Crippen LogP contribution in [0, 0.1) is 0 Å². The van der Waals surface area contributed by atoms with Crippen molar-refractivity contribution < 1.29 is 9.90 Å². The maximum Gasteiger partial charge on any atom is 0.409 e. The molecule has 3 aromatic rings. The monoisotopic (exact) mass is 362 g/mol. The number of rotatable bonds is 2. The first kappa shape index (κ1) is 18.9. The molecular weight excluding hydrogens is 336 g/mol. The highest BCUT2D eigenvalue weighted by molar-refractivity contribution is 5.87. The molecule has 4 rings (SSSR count). The van der Waals surface area contributed by atoms with Gasteiger partial charge in [-0.05, 0) is 47.4 Å². The van der Waals surface area contributed by atoms with Gasteiger partial charge in [0, 0.05) is 5.39 Å². The van der Waals surface area contributed by atoms with E-state index in [1.54, 1.807) is 6.07 Å². The predicted octanol–water partition coefficient (Wildman–Crippen LogP) is 6.19. The Bertz CT molecular complexity index is 923. The topological polar surface area (TPSA) is 62.2 Å². The number of nitrogens with one attached hydrogen (secondary N) is 1. The fourth-order valence-electron chi connectivity index (χ4n) is 2.93. The number of hydrogen-bond acceptors (Lipinski definition) is 2. The van der Waals surface area contributed by atoms with Crippen molar-refractivity contribution in [3.63, 3.8) is 0 Å². The van der Waals surface area contributed by atoms with E-state index in [-0.39, 0.29) is 0 Å². The van der Waals surface area contributed by atoms with E-state index in [1.807, 2.05) is 24.3 Å². The molecule has 1 saturated carbocycles. The fourth-order valence-corrected chi connectivity index (χ4v) is 2.93. The molecule has 1 aromatic heterocycles. The van der Waals surface area contributed by atoms with Crippen molar-refractivity contribution in [3.8, 4) is 0 Å². The Hall–Kier alpha value is -2.88. The number of hydrogen-bond donors (Lipinski definition) is 2. The van der Waals surface area contributed by atoms with Crippen LogP contribution in [0.4, 0.5) is 10.5 Å². The van der Waals surface area contributed by atoms with Crippen LogP contribution in [-0.2, 0) is 5.41 Å². The number of para-hydroxylation sites is 1. The predicted molar refractivity (Wildman–Crippen MR) is 111 cm³/mol. The van der Waals surface area contributed by atoms with Crippen LogP contribution in [0.15, 0.2) is 60.8 Å². The average molecular weight is 362 g/mol. The van der Waals surface area contributed by atoms with E-state index in [0.717, 1.165) is 16.8 Å². The molecule has 0 atom stereocenters. The SMILES string of the molecule is CC(C)(C)c1ccc(C2CC2)cc1.O=C(O)Nc1cnc2ccccc2c1. The van der Waals surface area contributed by atoms with E-state index in [4.69, 9.17) is 5.11 Å². The van der Waals surface area contributed by atoms with E-state index in [1.165, 1.54) is 30.2 Å². The van der Waals surface area contributed by atoms with Gasteiger partial charge in [-0.25, -0.2) is 4.79 Å². The van der Waals surface area contributed by atoms with Crippen molar-refractivity contribution in [2.45, 2.75) is 44.9 Å². The summed E-state index contributed by atoms with van der Waals surface area (Å²) in [5.74, 6) is 0.883. The maximum atomic E-state index is 10.4. The lowest BCUT2D eigenvalue weighted by molar-refractivity contribution is 0.209. The minimum Gasteiger partial charge on any atom is -0.465 e. The third kappa shape index (κ3) is 5.30. The van der Waals surface area contributed by atoms with Crippen molar-refractivity contribution in [3.05, 3.63) is 71.9 Å². The summed E-state index contributed by atoms with van der Waals surface area (Å²) >= 11 is 0. The molecule has 27 heavy (non-hydrogen) atoms. The highest BCUT2D eigenvalue weighted by Crippen LogP contribution is 2.40. The Morgan fingerprint density at radius 2 is 1.74 bits per heavy atom. The van der Waals surface area contributed by atoms with Gasteiger partial charge >= 0.3 is 6.09 Å². The van der Waals surface area contributed by atoms with Gasteiger partial charge in [-0.2, -0.15) is 0 Å². The lowest BCUT2D eigenvalue weighted by atomic mass is 9.86. The third-order valence-corrected chi connectivity index (χ3v) is 4.67. The highest BCUT2D eigenvalue weighted by atomic mass is 16.4. The van der Waals surface area contributed by atoms with Crippen molar-refractivity contribution >= 4 is 22.7 Å². The van der Waals surface area contributed by atoms with Gasteiger partial charge in [-0.1, -0.05) is 63.2 Å². The third-order valence-electron chi connectivity index (χ3n) is 4.67. The van der Waals surface area contributed by atoms with Crippen molar-refractivity contribution in [1.29, 1.82) is 0 Å². The van der Waals surface area contributed by atoms with Crippen LogP contribution in [0.3, 0.4) is 0 Å². The molecule has 1 amide bonds. The van der Waals surface area contributed by atoms with Crippen molar-refractivity contribution in [2.75, 3.05) is 5.32 Å². The van der Waals surface area contributed by atoms with Gasteiger partial charge in [0.15, 0.2) is 0 Å². The summed E-state index contributed by atoms with van der Waals surface area (Å²) in [6.45, 7) is 6.79. The zero-order valence-electron chi connectivity index (χ0n) is 16.1. The molecule has 2 N–H and O–H groups in total. The lowest BCUT2D eigenvalue weighted by Gasteiger charge is -2.19. The van der Waals surface area contributed by atoms with Gasteiger partial charge in [0.1, 0.15) is 0 Å². The molecule has 0 radical (unpaired) electrons. The molecule has 0 bridgehead atoms. The number of benzene rings is 2. The number of fused-ring (bicyclic) bond motifs is 1. The molecule has 0 spiro atoms. The van der Waals surface area contributed by atoms with Crippen LogP contribution in [0.5, 0.6) is 0 Å². The van der Waals surface area contributed by atoms with E-state index < -0.39 is 6.09 Å². The van der Waals surface area contributed by atoms with Crippen LogP contribution in [0.1, 0.15) is 50.7 Å². The molecule has 1 aliphatic rings. The summed E-state index contributed by atoms with van der Waals surface area (Å²) in [7, 11) is 0. The molecule has 2 aromatic carbocycles. The number of aromatic nitrogens is 1. The molecule has 4 nitrogen and oxygen atoms in total. The first-order chi connectivity index (χ1) is 12.8. The Morgan fingerprint density at radius 3 is 2.33 bits per heavy atom. The van der Waals surface area contributed by atoms with Crippen molar-refractivity contribution in [1.82, 2.24) is 4.98 Å². The van der Waals surface area contributed by atoms with Gasteiger partial charge in [-0.15, -0.1) is 0 Å². The lowest BCUT2D eigenvalue weighted by Crippen LogP contribution is -2.10. The molecule has 1 aliphatic carbocycles. The summed E-state index contributed by atoms with van der Waals surface area (Å²) in [4.78, 5) is 14.5. The van der Waals surface area contributed by atoms with Crippen LogP contribution in [0.25, 0.3) is 10.9 Å². The molecule has 0 unspecified atom stereocenters. The quantitative estimate of drug-likeness (QED) is 0.571. The number of anilines is 1. The Kier molecular flexibility index (Phi) is 5.45. The summed E-state index contributed by atoms with van der Waals surface area (Å²) in [6.07, 6.45) is 3.21. The normalized spacial score (nSPS) is 13.6. The van der Waals surface area contributed by atoms with Gasteiger partial charge in [0.25, 0.3) is 0 Å². The first-order valence-electron chi connectivity index (χ1n) is 9.28. The zero-order valence-corrected chi connectivity index (χ0v) is 16.1. The summed E-state index contributed by atoms with van der Waals surface area (Å²) in [6, 6.07) is 18.5. The molecule has 140 valence electrons. The van der Waals surface area contributed by atoms with Crippen LogP contribution in [0.2, 0.25) is 0 Å².